The van der Waals surface area contributed by atoms with Crippen LogP contribution in [0, 0.1) is 5.92 Å². The van der Waals surface area contributed by atoms with E-state index in [1.165, 1.54) is 4.68 Å². The molecule has 1 aromatic carbocycles. The van der Waals surface area contributed by atoms with Crippen LogP contribution in [-0.2, 0) is 11.3 Å². The third-order valence-electron chi connectivity index (χ3n) is 4.30. The summed E-state index contributed by atoms with van der Waals surface area (Å²) in [5.41, 5.74) is 5.60. The number of aryl methyl sites for hydroxylation is 1. The molecule has 1 atom stereocenters. The smallest absolute Gasteiger partial charge is 0.277 e. The zero-order valence-electron chi connectivity index (χ0n) is 13.7. The molecular formula is C16H23N5O2. The molecule has 0 fully saturated rings. The molecule has 0 aliphatic carbocycles. The monoisotopic (exact) mass is 317 g/mol. The van der Waals surface area contributed by atoms with Crippen LogP contribution in [-0.4, -0.2) is 33.0 Å². The van der Waals surface area contributed by atoms with Gasteiger partial charge in [0, 0.05) is 13.0 Å². The first-order chi connectivity index (χ1) is 10.9. The summed E-state index contributed by atoms with van der Waals surface area (Å²) < 4.78 is 1.22. The molecule has 0 saturated heterocycles. The summed E-state index contributed by atoms with van der Waals surface area (Å²) in [7, 11) is 0. The molecular weight excluding hydrogens is 294 g/mol. The topological polar surface area (TPSA) is 103 Å². The van der Waals surface area contributed by atoms with E-state index in [0.717, 1.165) is 0 Å². The van der Waals surface area contributed by atoms with Gasteiger partial charge in [0.15, 0.2) is 0 Å². The number of nitrogens with zero attached hydrogens (tertiary/aromatic N) is 3. The van der Waals surface area contributed by atoms with Crippen LogP contribution >= 0.6 is 0 Å². The molecule has 0 radical (unpaired) electrons. The van der Waals surface area contributed by atoms with Gasteiger partial charge in [-0.1, -0.05) is 31.2 Å². The molecule has 1 heterocycles. The minimum Gasteiger partial charge on any atom is -0.349 e. The highest BCUT2D eigenvalue weighted by molar-refractivity contribution is 5.77. The van der Waals surface area contributed by atoms with Crippen molar-refractivity contribution >= 4 is 16.8 Å². The predicted octanol–water partition coefficient (Wildman–Crippen LogP) is 0.671. The minimum atomic E-state index is -0.461. The SMILES string of the molecule is CC(C)C(C)(CN)NC(=O)CCn1nnc2ccccc2c1=O. The predicted molar refractivity (Wildman–Crippen MR) is 88.9 cm³/mol. The van der Waals surface area contributed by atoms with E-state index in [-0.39, 0.29) is 30.3 Å². The van der Waals surface area contributed by atoms with Crippen LogP contribution in [0.25, 0.3) is 10.9 Å². The van der Waals surface area contributed by atoms with E-state index in [1.54, 1.807) is 24.3 Å². The van der Waals surface area contributed by atoms with Gasteiger partial charge in [0.05, 0.1) is 17.5 Å². The highest BCUT2D eigenvalue weighted by Gasteiger charge is 2.28. The summed E-state index contributed by atoms with van der Waals surface area (Å²) in [6.45, 7) is 6.46. The van der Waals surface area contributed by atoms with Gasteiger partial charge >= 0.3 is 0 Å². The molecule has 0 aliphatic heterocycles. The Morgan fingerprint density at radius 2 is 2.09 bits per heavy atom. The van der Waals surface area contributed by atoms with Crippen LogP contribution < -0.4 is 16.6 Å². The second-order valence-electron chi connectivity index (χ2n) is 6.21. The minimum absolute atomic E-state index is 0.148. The molecule has 23 heavy (non-hydrogen) atoms. The number of hydrogen-bond acceptors (Lipinski definition) is 5. The zero-order chi connectivity index (χ0) is 17.0. The first-order valence-electron chi connectivity index (χ1n) is 7.71. The van der Waals surface area contributed by atoms with Gasteiger partial charge < -0.3 is 11.1 Å². The maximum Gasteiger partial charge on any atom is 0.277 e. The molecule has 7 heteroatoms. The Hall–Kier alpha value is -2.28. The summed E-state index contributed by atoms with van der Waals surface area (Å²) >= 11 is 0. The van der Waals surface area contributed by atoms with E-state index in [1.807, 2.05) is 20.8 Å². The molecule has 0 aliphatic rings. The van der Waals surface area contributed by atoms with Crippen molar-refractivity contribution in [2.75, 3.05) is 6.54 Å². The lowest BCUT2D eigenvalue weighted by Gasteiger charge is -2.33. The van der Waals surface area contributed by atoms with Gasteiger partial charge in [-0.05, 0) is 25.0 Å². The molecule has 3 N–H and O–H groups in total. The number of aromatic nitrogens is 3. The van der Waals surface area contributed by atoms with Crippen LogP contribution in [0.1, 0.15) is 27.2 Å². The van der Waals surface area contributed by atoms with Crippen LogP contribution in [0.3, 0.4) is 0 Å². The van der Waals surface area contributed by atoms with Gasteiger partial charge in [0.2, 0.25) is 5.91 Å². The molecule has 7 nitrogen and oxygen atoms in total. The number of carbonyl (C=O) groups excluding carboxylic acids is 1. The lowest BCUT2D eigenvalue weighted by molar-refractivity contribution is -0.123. The third-order valence-corrected chi connectivity index (χ3v) is 4.30. The number of nitrogens with one attached hydrogen (secondary N) is 1. The number of hydrogen-bond donors (Lipinski definition) is 2. The van der Waals surface area contributed by atoms with Crippen LogP contribution in [0.4, 0.5) is 0 Å². The fourth-order valence-corrected chi connectivity index (χ4v) is 2.19. The zero-order valence-corrected chi connectivity index (χ0v) is 13.7. The van der Waals surface area contributed by atoms with Crippen molar-refractivity contribution in [3.63, 3.8) is 0 Å². The maximum absolute atomic E-state index is 12.3. The standard InChI is InChI=1S/C16H23N5O2/c1-11(2)16(3,10-17)18-14(22)8-9-21-15(23)12-6-4-5-7-13(12)19-20-21/h4-7,11H,8-10,17H2,1-3H3,(H,18,22). The van der Waals surface area contributed by atoms with Crippen molar-refractivity contribution in [1.29, 1.82) is 0 Å². The molecule has 1 unspecified atom stereocenters. The average molecular weight is 317 g/mol. The van der Waals surface area contributed by atoms with Crippen LogP contribution in [0.5, 0.6) is 0 Å². The second-order valence-corrected chi connectivity index (χ2v) is 6.21. The summed E-state index contributed by atoms with van der Waals surface area (Å²) in [5.74, 6) is 0.0492. The fourth-order valence-electron chi connectivity index (χ4n) is 2.19. The Bertz CT molecular complexity index is 755. The summed E-state index contributed by atoms with van der Waals surface area (Å²) in [6, 6.07) is 7.01. The Morgan fingerprint density at radius 3 is 2.74 bits per heavy atom. The van der Waals surface area contributed by atoms with Crippen molar-refractivity contribution in [2.24, 2.45) is 11.7 Å². The van der Waals surface area contributed by atoms with E-state index in [4.69, 9.17) is 5.73 Å². The molecule has 0 spiro atoms. The number of amides is 1. The number of nitrogens with two attached hydrogens (primary N) is 1. The fraction of sp³-hybridized carbons (Fsp3) is 0.500. The van der Waals surface area contributed by atoms with Gasteiger partial charge in [-0.25, -0.2) is 4.68 Å². The van der Waals surface area contributed by atoms with E-state index in [9.17, 15) is 9.59 Å². The Kier molecular flexibility index (Phi) is 5.10. The first kappa shape index (κ1) is 17.1. The van der Waals surface area contributed by atoms with Gasteiger partial charge in [0.25, 0.3) is 5.56 Å². The van der Waals surface area contributed by atoms with Crippen molar-refractivity contribution < 1.29 is 4.79 Å². The third kappa shape index (κ3) is 3.73. The van der Waals surface area contributed by atoms with Gasteiger partial charge in [-0.3, -0.25) is 9.59 Å². The number of benzene rings is 1. The van der Waals surface area contributed by atoms with Crippen LogP contribution in [0.2, 0.25) is 0 Å². The lowest BCUT2D eigenvalue weighted by Crippen LogP contribution is -2.55. The molecule has 2 aromatic rings. The molecule has 0 bridgehead atoms. The molecule has 1 aromatic heterocycles. The highest BCUT2D eigenvalue weighted by atomic mass is 16.2. The van der Waals surface area contributed by atoms with Crippen molar-refractivity contribution in [1.82, 2.24) is 20.3 Å². The lowest BCUT2D eigenvalue weighted by atomic mass is 9.88. The van der Waals surface area contributed by atoms with Gasteiger partial charge in [-0.15, -0.1) is 5.10 Å². The van der Waals surface area contributed by atoms with E-state index in [0.29, 0.717) is 17.4 Å². The van der Waals surface area contributed by atoms with Gasteiger partial charge in [0.1, 0.15) is 5.52 Å². The number of carbonyl (C=O) groups is 1. The number of fused-ring (bicyclic) bond motifs is 1. The Morgan fingerprint density at radius 1 is 1.39 bits per heavy atom. The second kappa shape index (κ2) is 6.87. The van der Waals surface area contributed by atoms with Crippen LogP contribution in [0.15, 0.2) is 29.1 Å². The normalized spacial score (nSPS) is 14.0. The van der Waals surface area contributed by atoms with E-state index < -0.39 is 5.54 Å². The highest BCUT2D eigenvalue weighted by Crippen LogP contribution is 2.14. The van der Waals surface area contributed by atoms with Crippen molar-refractivity contribution in [3.05, 3.63) is 34.6 Å². The Balaban J connectivity index is 2.08. The van der Waals surface area contributed by atoms with E-state index >= 15 is 0 Å². The molecule has 124 valence electrons. The molecule has 1 amide bonds. The number of rotatable bonds is 6. The van der Waals surface area contributed by atoms with Crippen molar-refractivity contribution in [3.8, 4) is 0 Å². The maximum atomic E-state index is 12.3. The Labute approximate surface area is 134 Å². The summed E-state index contributed by atoms with van der Waals surface area (Å²) in [6.07, 6.45) is 0.148. The first-order valence-corrected chi connectivity index (χ1v) is 7.71. The molecule has 0 saturated carbocycles. The molecule has 2 rings (SSSR count). The summed E-state index contributed by atoms with van der Waals surface area (Å²) in [5, 5.41) is 11.3. The quantitative estimate of drug-likeness (QED) is 0.815. The van der Waals surface area contributed by atoms with Crippen molar-refractivity contribution in [2.45, 2.75) is 39.3 Å². The summed E-state index contributed by atoms with van der Waals surface area (Å²) in [4.78, 5) is 24.4. The van der Waals surface area contributed by atoms with E-state index in [2.05, 4.69) is 15.6 Å². The largest absolute Gasteiger partial charge is 0.349 e. The van der Waals surface area contributed by atoms with Gasteiger partial charge in [-0.2, -0.15) is 0 Å². The average Bonchev–Trinajstić information content (AvgIpc) is 2.54.